The molecule has 2 aromatic carbocycles. The summed E-state index contributed by atoms with van der Waals surface area (Å²) < 4.78 is 0. The molecule has 5 heteroatoms. The normalized spacial score (nSPS) is 9.82. The van der Waals surface area contributed by atoms with Crippen molar-refractivity contribution in [2.24, 2.45) is 0 Å². The van der Waals surface area contributed by atoms with Crippen molar-refractivity contribution in [2.45, 2.75) is 0 Å². The smallest absolute Gasteiger partial charge is 0.124 e. The van der Waals surface area contributed by atoms with Crippen molar-refractivity contribution in [3.8, 4) is 16.9 Å². The average Bonchev–Trinajstić information content (AvgIpc) is 2.19. The minimum absolute atomic E-state index is 0. The van der Waals surface area contributed by atoms with E-state index in [4.69, 9.17) is 34.8 Å². The summed E-state index contributed by atoms with van der Waals surface area (Å²) in [5.74, 6) is 0.0942. The molecule has 0 aliphatic heterocycles. The molecule has 0 aliphatic carbocycles. The lowest BCUT2D eigenvalue weighted by atomic mass is 10.0. The number of phenols is 1. The van der Waals surface area contributed by atoms with Crippen molar-refractivity contribution in [1.82, 2.24) is 0 Å². The first-order chi connectivity index (χ1) is 7.58. The van der Waals surface area contributed by atoms with Crippen LogP contribution in [0.5, 0.6) is 5.75 Å². The molecule has 2 rings (SSSR count). The van der Waals surface area contributed by atoms with Crippen LogP contribution in [0.25, 0.3) is 11.1 Å². The quantitative estimate of drug-likeness (QED) is 0.841. The summed E-state index contributed by atoms with van der Waals surface area (Å²) in [4.78, 5) is 0. The Labute approximate surface area is 114 Å². The molecule has 0 atom stereocenters. The Morgan fingerprint density at radius 2 is 1.29 bits per heavy atom. The van der Waals surface area contributed by atoms with Gasteiger partial charge in [0, 0.05) is 21.2 Å². The van der Waals surface area contributed by atoms with E-state index >= 15 is 0 Å². The second-order valence-corrected chi connectivity index (χ2v) is 4.57. The number of hydrogen-bond acceptors (Lipinski definition) is 1. The van der Waals surface area contributed by atoms with E-state index in [9.17, 15) is 5.11 Å². The van der Waals surface area contributed by atoms with Gasteiger partial charge in [0.25, 0.3) is 0 Å². The Morgan fingerprint density at radius 1 is 0.765 bits per heavy atom. The molecule has 90 valence electrons. The van der Waals surface area contributed by atoms with Crippen LogP contribution in [-0.4, -0.2) is 10.6 Å². The van der Waals surface area contributed by atoms with Gasteiger partial charge in [-0.15, -0.1) is 0 Å². The van der Waals surface area contributed by atoms with E-state index in [2.05, 4.69) is 0 Å². The molecule has 2 aromatic rings. The van der Waals surface area contributed by atoms with Gasteiger partial charge < -0.3 is 10.6 Å². The molecule has 0 heterocycles. The van der Waals surface area contributed by atoms with Crippen molar-refractivity contribution in [2.75, 3.05) is 0 Å². The Morgan fingerprint density at radius 3 is 1.82 bits per heavy atom. The van der Waals surface area contributed by atoms with Crippen LogP contribution in [0.1, 0.15) is 0 Å². The highest BCUT2D eigenvalue weighted by Gasteiger charge is 2.08. The average molecular weight is 292 g/mol. The van der Waals surface area contributed by atoms with E-state index in [0.717, 1.165) is 5.56 Å². The molecule has 3 N–H and O–H groups in total. The molecule has 0 spiro atoms. The molecular formula is C12H9Cl3O2. The number of benzene rings is 2. The summed E-state index contributed by atoms with van der Waals surface area (Å²) in [6.45, 7) is 0. The topological polar surface area (TPSA) is 51.7 Å². The molecule has 17 heavy (non-hydrogen) atoms. The first-order valence-corrected chi connectivity index (χ1v) is 5.65. The second kappa shape index (κ2) is 5.61. The number of rotatable bonds is 1. The monoisotopic (exact) mass is 290 g/mol. The molecule has 0 fully saturated rings. The maximum absolute atomic E-state index is 9.76. The highest BCUT2D eigenvalue weighted by atomic mass is 35.5. The molecule has 0 unspecified atom stereocenters. The summed E-state index contributed by atoms with van der Waals surface area (Å²) in [6, 6.07) is 9.99. The number of hydrogen-bond donors (Lipinski definition) is 1. The highest BCUT2D eigenvalue weighted by Crippen LogP contribution is 2.36. The first-order valence-electron chi connectivity index (χ1n) is 4.52. The van der Waals surface area contributed by atoms with E-state index in [1.807, 2.05) is 0 Å². The maximum Gasteiger partial charge on any atom is 0.124 e. The lowest BCUT2D eigenvalue weighted by molar-refractivity contribution is 0.477. The zero-order valence-corrected chi connectivity index (χ0v) is 10.8. The minimum Gasteiger partial charge on any atom is -0.507 e. The van der Waals surface area contributed by atoms with Crippen LogP contribution >= 0.6 is 34.8 Å². The van der Waals surface area contributed by atoms with Gasteiger partial charge in [-0.05, 0) is 30.3 Å². The predicted octanol–water partition coefficient (Wildman–Crippen LogP) is 4.19. The fourth-order valence-corrected chi connectivity index (χ4v) is 2.12. The van der Waals surface area contributed by atoms with Crippen molar-refractivity contribution in [1.29, 1.82) is 0 Å². The van der Waals surface area contributed by atoms with Gasteiger partial charge in [-0.3, -0.25) is 0 Å². The van der Waals surface area contributed by atoms with Crippen LogP contribution in [0.15, 0.2) is 36.4 Å². The molecule has 0 aliphatic rings. The third-order valence-electron chi connectivity index (χ3n) is 2.18. The van der Waals surface area contributed by atoms with E-state index in [-0.39, 0.29) is 11.2 Å². The molecular weight excluding hydrogens is 282 g/mol. The zero-order valence-electron chi connectivity index (χ0n) is 8.55. The Balaban J connectivity index is 0.00000144. The highest BCUT2D eigenvalue weighted by molar-refractivity contribution is 6.36. The molecule has 0 saturated heterocycles. The Kier molecular flexibility index (Phi) is 4.66. The van der Waals surface area contributed by atoms with E-state index in [1.54, 1.807) is 30.3 Å². The van der Waals surface area contributed by atoms with Gasteiger partial charge in [-0.25, -0.2) is 0 Å². The number of aromatic hydroxyl groups is 1. The molecule has 0 radical (unpaired) electrons. The van der Waals surface area contributed by atoms with Crippen molar-refractivity contribution in [3.05, 3.63) is 51.5 Å². The van der Waals surface area contributed by atoms with E-state index in [1.165, 1.54) is 6.07 Å². The molecule has 0 amide bonds. The van der Waals surface area contributed by atoms with Crippen LogP contribution < -0.4 is 0 Å². The zero-order chi connectivity index (χ0) is 11.7. The van der Waals surface area contributed by atoms with E-state index in [0.29, 0.717) is 20.6 Å². The van der Waals surface area contributed by atoms with Gasteiger partial charge in [0.05, 0.1) is 5.02 Å². The van der Waals surface area contributed by atoms with Gasteiger partial charge in [0.1, 0.15) is 5.75 Å². The molecule has 0 aromatic heterocycles. The van der Waals surface area contributed by atoms with Crippen LogP contribution in [0, 0.1) is 0 Å². The van der Waals surface area contributed by atoms with Gasteiger partial charge in [0.2, 0.25) is 0 Å². The Hall–Kier alpha value is -0.930. The summed E-state index contributed by atoms with van der Waals surface area (Å²) in [7, 11) is 0. The minimum atomic E-state index is 0. The maximum atomic E-state index is 9.76. The van der Waals surface area contributed by atoms with Crippen LogP contribution in [0.2, 0.25) is 15.1 Å². The second-order valence-electron chi connectivity index (χ2n) is 3.29. The SMILES string of the molecule is O.Oc1cc(Cl)ccc1-c1ccc(Cl)cc1Cl. The lowest BCUT2D eigenvalue weighted by Crippen LogP contribution is -1.81. The molecule has 2 nitrogen and oxygen atoms in total. The third kappa shape index (κ3) is 3.05. The fraction of sp³-hybridized carbons (Fsp3) is 0. The van der Waals surface area contributed by atoms with Gasteiger partial charge in [-0.1, -0.05) is 40.9 Å². The fourth-order valence-electron chi connectivity index (χ4n) is 1.44. The summed E-state index contributed by atoms with van der Waals surface area (Å²) in [6.07, 6.45) is 0. The molecule has 0 saturated carbocycles. The Bertz CT molecular complexity index is 492. The molecule has 0 bridgehead atoms. The van der Waals surface area contributed by atoms with Gasteiger partial charge in [0.15, 0.2) is 0 Å². The van der Waals surface area contributed by atoms with Crippen molar-refractivity contribution in [3.63, 3.8) is 0 Å². The summed E-state index contributed by atoms with van der Waals surface area (Å²) >= 11 is 17.6. The number of phenolic OH excluding ortho intramolecular Hbond substituents is 1. The first kappa shape index (κ1) is 14.1. The largest absolute Gasteiger partial charge is 0.507 e. The number of halogens is 3. The van der Waals surface area contributed by atoms with Crippen LogP contribution in [-0.2, 0) is 0 Å². The predicted molar refractivity (Wildman–Crippen MR) is 72.2 cm³/mol. The van der Waals surface area contributed by atoms with Crippen LogP contribution in [0.3, 0.4) is 0 Å². The van der Waals surface area contributed by atoms with Crippen LogP contribution in [0.4, 0.5) is 0 Å². The van der Waals surface area contributed by atoms with Crippen molar-refractivity contribution >= 4 is 34.8 Å². The standard InChI is InChI=1S/C12H7Cl3O.H2O/c13-7-1-3-9(11(15)5-7)10-4-2-8(14)6-12(10)16;/h1-6,16H;1H2. The third-order valence-corrected chi connectivity index (χ3v) is 2.96. The lowest BCUT2D eigenvalue weighted by Gasteiger charge is -2.07. The summed E-state index contributed by atoms with van der Waals surface area (Å²) in [5, 5.41) is 11.3. The van der Waals surface area contributed by atoms with E-state index < -0.39 is 0 Å². The van der Waals surface area contributed by atoms with Gasteiger partial charge in [-0.2, -0.15) is 0 Å². The summed E-state index contributed by atoms with van der Waals surface area (Å²) in [5.41, 5.74) is 1.35. The van der Waals surface area contributed by atoms with Gasteiger partial charge >= 0.3 is 0 Å². The van der Waals surface area contributed by atoms with Crippen molar-refractivity contribution < 1.29 is 10.6 Å².